The van der Waals surface area contributed by atoms with Gasteiger partial charge in [-0.3, -0.25) is 24.0 Å². The summed E-state index contributed by atoms with van der Waals surface area (Å²) in [6.07, 6.45) is 2.07. The van der Waals surface area contributed by atoms with Crippen LogP contribution in [0.4, 0.5) is 0 Å². The minimum atomic E-state index is -1.05. The smallest absolute Gasteiger partial charge is 0.245 e. The number of nitrogens with zero attached hydrogens (tertiary/aromatic N) is 3. The predicted octanol–water partition coefficient (Wildman–Crippen LogP) is 1.58. The third-order valence-corrected chi connectivity index (χ3v) is 8.83. The van der Waals surface area contributed by atoms with Crippen LogP contribution in [-0.4, -0.2) is 94.3 Å². The fourth-order valence-electron chi connectivity index (χ4n) is 5.84. The van der Waals surface area contributed by atoms with E-state index in [0.717, 1.165) is 22.0 Å². The first-order chi connectivity index (χ1) is 23.0. The van der Waals surface area contributed by atoms with Gasteiger partial charge in [0.05, 0.1) is 18.7 Å². The molecule has 0 bridgehead atoms. The van der Waals surface area contributed by atoms with Gasteiger partial charge in [0.1, 0.15) is 23.9 Å². The zero-order valence-electron chi connectivity index (χ0n) is 27.5. The Morgan fingerprint density at radius 1 is 0.938 bits per heavy atom. The largest absolute Gasteiger partial charge is 0.361 e. The molecule has 0 radical (unpaired) electrons. The van der Waals surface area contributed by atoms with Crippen molar-refractivity contribution in [1.82, 2.24) is 35.9 Å². The summed E-state index contributed by atoms with van der Waals surface area (Å²) in [5.41, 5.74) is 3.70. The number of likely N-dealkylation sites (N-methyl/N-ethyl adjacent to an activating group) is 1. The van der Waals surface area contributed by atoms with E-state index in [1.807, 2.05) is 54.6 Å². The number of rotatable bonds is 6. The van der Waals surface area contributed by atoms with Crippen LogP contribution in [0.25, 0.3) is 10.9 Å². The lowest BCUT2D eigenvalue weighted by Gasteiger charge is -2.30. The molecule has 1 aliphatic heterocycles. The molecule has 13 nitrogen and oxygen atoms in total. The maximum atomic E-state index is 14.0. The summed E-state index contributed by atoms with van der Waals surface area (Å²) >= 11 is 0. The number of aromatic nitrogens is 2. The van der Waals surface area contributed by atoms with Crippen molar-refractivity contribution in [2.45, 2.75) is 58.2 Å². The van der Waals surface area contributed by atoms with Gasteiger partial charge in [0, 0.05) is 55.6 Å². The number of aryl methyl sites for hydroxylation is 2. The zero-order valence-corrected chi connectivity index (χ0v) is 27.5. The van der Waals surface area contributed by atoms with E-state index in [1.165, 1.54) is 16.8 Å². The maximum Gasteiger partial charge on any atom is 0.245 e. The molecule has 0 spiro atoms. The van der Waals surface area contributed by atoms with Gasteiger partial charge in [0.2, 0.25) is 29.5 Å². The van der Waals surface area contributed by atoms with Gasteiger partial charge in [-0.05, 0) is 38.0 Å². The van der Waals surface area contributed by atoms with Gasteiger partial charge in [-0.15, -0.1) is 0 Å². The Labute approximate surface area is 278 Å². The first-order valence-corrected chi connectivity index (χ1v) is 15.9. The van der Waals surface area contributed by atoms with E-state index in [-0.39, 0.29) is 44.8 Å². The summed E-state index contributed by atoms with van der Waals surface area (Å²) < 4.78 is 5.23. The van der Waals surface area contributed by atoms with Crippen molar-refractivity contribution >= 4 is 40.4 Å². The van der Waals surface area contributed by atoms with Crippen molar-refractivity contribution in [1.29, 1.82) is 0 Å². The average Bonchev–Trinajstić information content (AvgIpc) is 3.63. The molecule has 5 amide bonds. The standard InChI is InChI=1S/C35H41N7O6/c1-21-27(23(3)48-40-21)18-32(44)42-15-14-36-34(46)29(16-24-10-6-5-7-11-24)39-33(45)22(2)41(4)35(47)30(38-31(43)20-42)17-25-19-37-28-13-9-8-12-26(25)28/h5-13,19,22,29-30,37H,14-18,20H2,1-4H3,(H,36,46)(H,38,43)(H,39,45)/t22-,29-,30-/m0/s1. The number of benzene rings is 2. The number of amides is 5. The number of carbonyl (C=O) groups is 5. The Morgan fingerprint density at radius 3 is 2.40 bits per heavy atom. The van der Waals surface area contributed by atoms with Crippen molar-refractivity contribution in [2.24, 2.45) is 0 Å². The highest BCUT2D eigenvalue weighted by Crippen LogP contribution is 2.20. The fourth-order valence-corrected chi connectivity index (χ4v) is 5.84. The highest BCUT2D eigenvalue weighted by molar-refractivity contribution is 5.95. The lowest BCUT2D eigenvalue weighted by molar-refractivity contribution is -0.142. The Hall–Kier alpha value is -5.46. The van der Waals surface area contributed by atoms with Gasteiger partial charge in [-0.1, -0.05) is 53.7 Å². The Kier molecular flexibility index (Phi) is 10.6. The molecule has 2 aromatic heterocycles. The van der Waals surface area contributed by atoms with Crippen molar-refractivity contribution in [2.75, 3.05) is 26.7 Å². The molecule has 4 aromatic rings. The first-order valence-electron chi connectivity index (χ1n) is 15.9. The molecule has 1 saturated heterocycles. The highest BCUT2D eigenvalue weighted by atomic mass is 16.5. The molecule has 3 heterocycles. The van der Waals surface area contributed by atoms with E-state index in [9.17, 15) is 24.0 Å². The normalized spacial score (nSPS) is 20.1. The number of nitrogens with one attached hydrogen (secondary N) is 4. The molecule has 0 unspecified atom stereocenters. The third kappa shape index (κ3) is 7.91. The predicted molar refractivity (Wildman–Crippen MR) is 178 cm³/mol. The average molecular weight is 656 g/mol. The molecule has 4 N–H and O–H groups in total. The second-order valence-electron chi connectivity index (χ2n) is 12.1. The molecule has 1 aliphatic rings. The van der Waals surface area contributed by atoms with Gasteiger partial charge in [-0.25, -0.2) is 0 Å². The summed E-state index contributed by atoms with van der Waals surface area (Å²) in [4.78, 5) is 74.0. The molecule has 0 aliphatic carbocycles. The van der Waals surface area contributed by atoms with Crippen LogP contribution in [-0.2, 0) is 43.2 Å². The summed E-state index contributed by atoms with van der Waals surface area (Å²) in [6.45, 7) is 4.68. The first kappa shape index (κ1) is 33.9. The van der Waals surface area contributed by atoms with Crippen LogP contribution in [0, 0.1) is 13.8 Å². The van der Waals surface area contributed by atoms with Gasteiger partial charge in [0.25, 0.3) is 0 Å². The topological polar surface area (TPSA) is 170 Å². The van der Waals surface area contributed by atoms with E-state index in [4.69, 9.17) is 4.52 Å². The van der Waals surface area contributed by atoms with E-state index < -0.39 is 41.8 Å². The number of aromatic amines is 1. The number of carbonyl (C=O) groups excluding carboxylic acids is 5. The molecule has 48 heavy (non-hydrogen) atoms. The lowest BCUT2D eigenvalue weighted by Crippen LogP contribution is -2.57. The Balaban J connectivity index is 1.46. The fraction of sp³-hybridized carbons (Fsp3) is 0.371. The van der Waals surface area contributed by atoms with Gasteiger partial charge >= 0.3 is 0 Å². The minimum absolute atomic E-state index is 0.00470. The van der Waals surface area contributed by atoms with Crippen LogP contribution in [0.5, 0.6) is 0 Å². The Bertz CT molecular complexity index is 1780. The van der Waals surface area contributed by atoms with Crippen molar-refractivity contribution in [3.05, 3.63) is 88.9 Å². The molecular weight excluding hydrogens is 614 g/mol. The molecule has 13 heteroatoms. The maximum absolute atomic E-state index is 14.0. The minimum Gasteiger partial charge on any atom is -0.361 e. The molecule has 0 saturated carbocycles. The summed E-state index contributed by atoms with van der Waals surface area (Å²) in [5, 5.41) is 13.3. The summed E-state index contributed by atoms with van der Waals surface area (Å²) in [7, 11) is 1.49. The van der Waals surface area contributed by atoms with E-state index in [1.54, 1.807) is 27.0 Å². The molecule has 3 atom stereocenters. The van der Waals surface area contributed by atoms with E-state index >= 15 is 0 Å². The molecule has 1 fully saturated rings. The van der Waals surface area contributed by atoms with Crippen molar-refractivity contribution in [3.8, 4) is 0 Å². The van der Waals surface area contributed by atoms with E-state index in [0.29, 0.717) is 17.0 Å². The number of hydrogen-bond donors (Lipinski definition) is 4. The SMILES string of the molecule is Cc1noc(C)c1CC(=O)N1CCNC(=O)[C@H](Cc2ccccc2)NC(=O)[C@H](C)N(C)C(=O)[C@H](Cc2c[nH]c3ccccc23)NC(=O)C1. The quantitative estimate of drug-likeness (QED) is 0.244. The number of para-hydroxylation sites is 1. The second kappa shape index (κ2) is 15.0. The highest BCUT2D eigenvalue weighted by Gasteiger charge is 2.33. The number of hydrogen-bond acceptors (Lipinski definition) is 7. The van der Waals surface area contributed by atoms with Crippen LogP contribution in [0.15, 0.2) is 65.3 Å². The Morgan fingerprint density at radius 2 is 1.67 bits per heavy atom. The molecular formula is C35H41N7O6. The summed E-state index contributed by atoms with van der Waals surface area (Å²) in [5.74, 6) is -1.92. The van der Waals surface area contributed by atoms with Crippen LogP contribution >= 0.6 is 0 Å². The molecule has 5 rings (SSSR count). The van der Waals surface area contributed by atoms with Crippen LogP contribution in [0.2, 0.25) is 0 Å². The molecule has 2 aromatic carbocycles. The molecule has 252 valence electrons. The van der Waals surface area contributed by atoms with Crippen LogP contribution < -0.4 is 16.0 Å². The van der Waals surface area contributed by atoms with E-state index in [2.05, 4.69) is 26.1 Å². The van der Waals surface area contributed by atoms with Gasteiger partial charge in [0.15, 0.2) is 0 Å². The van der Waals surface area contributed by atoms with Crippen molar-refractivity contribution < 1.29 is 28.5 Å². The second-order valence-corrected chi connectivity index (χ2v) is 12.1. The zero-order chi connectivity index (χ0) is 34.4. The monoisotopic (exact) mass is 655 g/mol. The van der Waals surface area contributed by atoms with Gasteiger partial charge in [-0.2, -0.15) is 0 Å². The number of fused-ring (bicyclic) bond motifs is 1. The number of H-pyrrole nitrogens is 1. The van der Waals surface area contributed by atoms with Gasteiger partial charge < -0.3 is 35.3 Å². The van der Waals surface area contributed by atoms with Crippen LogP contribution in [0.3, 0.4) is 0 Å². The van der Waals surface area contributed by atoms with Crippen molar-refractivity contribution in [3.63, 3.8) is 0 Å². The lowest BCUT2D eigenvalue weighted by atomic mass is 10.0. The third-order valence-electron chi connectivity index (χ3n) is 8.83. The van der Waals surface area contributed by atoms with Crippen LogP contribution in [0.1, 0.15) is 35.1 Å². The summed E-state index contributed by atoms with van der Waals surface area (Å²) in [6, 6.07) is 13.9.